The van der Waals surface area contributed by atoms with Crippen LogP contribution in [0.3, 0.4) is 0 Å². The van der Waals surface area contributed by atoms with Crippen LogP contribution >= 0.6 is 11.3 Å². The van der Waals surface area contributed by atoms with E-state index in [0.29, 0.717) is 5.56 Å². The third kappa shape index (κ3) is 4.18. The van der Waals surface area contributed by atoms with Crippen molar-refractivity contribution in [2.45, 2.75) is 33.2 Å². The first-order valence-electron chi connectivity index (χ1n) is 9.44. The summed E-state index contributed by atoms with van der Waals surface area (Å²) in [4.78, 5) is 6.84. The third-order valence-corrected chi connectivity index (χ3v) is 5.36. The van der Waals surface area contributed by atoms with Gasteiger partial charge in [0.1, 0.15) is 23.0 Å². The van der Waals surface area contributed by atoms with E-state index in [1.807, 2.05) is 30.5 Å². The van der Waals surface area contributed by atoms with Gasteiger partial charge in [0.05, 0.1) is 9.75 Å². The van der Waals surface area contributed by atoms with E-state index in [2.05, 4.69) is 48.4 Å². The molecule has 5 heteroatoms. The number of nitrogens with zero attached hydrogens (tertiary/aromatic N) is 2. The summed E-state index contributed by atoms with van der Waals surface area (Å²) in [5, 5.41) is 3.59. The van der Waals surface area contributed by atoms with Gasteiger partial charge in [-0.1, -0.05) is 17.9 Å². The van der Waals surface area contributed by atoms with Crippen LogP contribution in [0.4, 0.5) is 10.2 Å². The smallest absolute Gasteiger partial charge is 0.140 e. The van der Waals surface area contributed by atoms with Crippen LogP contribution in [0.2, 0.25) is 0 Å². The van der Waals surface area contributed by atoms with Crippen LogP contribution in [0.1, 0.15) is 36.8 Å². The number of imidazole rings is 1. The van der Waals surface area contributed by atoms with Crippen molar-refractivity contribution in [3.8, 4) is 22.4 Å². The fraction of sp³-hybridized carbons (Fsp3) is 0.208. The van der Waals surface area contributed by atoms with Crippen LogP contribution in [-0.4, -0.2) is 14.9 Å². The van der Waals surface area contributed by atoms with E-state index in [4.69, 9.17) is 4.98 Å². The molecule has 3 heterocycles. The van der Waals surface area contributed by atoms with E-state index in [1.165, 1.54) is 6.07 Å². The Morgan fingerprint density at radius 1 is 1.07 bits per heavy atom. The van der Waals surface area contributed by atoms with E-state index in [0.717, 1.165) is 32.5 Å². The Kier molecular flexibility index (Phi) is 4.89. The average Bonchev–Trinajstić information content (AvgIpc) is 3.27. The summed E-state index contributed by atoms with van der Waals surface area (Å²) in [6.07, 6.45) is 2.02. The summed E-state index contributed by atoms with van der Waals surface area (Å²) in [5.41, 5.74) is 3.13. The first-order chi connectivity index (χ1) is 13.8. The maximum absolute atomic E-state index is 13.4. The Balaban J connectivity index is 1.71. The molecule has 29 heavy (non-hydrogen) atoms. The quantitative estimate of drug-likeness (QED) is 0.409. The highest BCUT2D eigenvalue weighted by molar-refractivity contribution is 7.16. The zero-order valence-corrected chi connectivity index (χ0v) is 17.7. The van der Waals surface area contributed by atoms with Gasteiger partial charge in [-0.25, -0.2) is 9.37 Å². The molecule has 0 saturated carbocycles. The summed E-state index contributed by atoms with van der Waals surface area (Å²) >= 11 is 1.60. The molecule has 0 aliphatic rings. The minimum atomic E-state index is -0.209. The third-order valence-electron chi connectivity index (χ3n) is 4.35. The van der Waals surface area contributed by atoms with Gasteiger partial charge in [0.2, 0.25) is 0 Å². The van der Waals surface area contributed by atoms with Gasteiger partial charge in [-0.3, -0.25) is 4.40 Å². The van der Waals surface area contributed by atoms with Crippen LogP contribution in [0, 0.1) is 24.6 Å². The Labute approximate surface area is 174 Å². The molecular weight excluding hydrogens is 381 g/mol. The van der Waals surface area contributed by atoms with Gasteiger partial charge in [-0.2, -0.15) is 0 Å². The van der Waals surface area contributed by atoms with E-state index in [1.54, 1.807) is 30.4 Å². The molecular formula is C24H22FN3S. The Hall–Kier alpha value is -3.10. The average molecular weight is 404 g/mol. The number of thiophene rings is 1. The molecule has 4 rings (SSSR count). The number of pyridine rings is 1. The molecule has 0 unspecified atom stereocenters. The standard InChI is InChI=1S/C24H22FN3S/c1-16-15-17(9-12-19(16)25)8-10-18-11-13-20(29-18)22-23(27-24(2,3)4)28-14-6-5-7-21(28)26-22/h5-7,9,11-15,27H,1-4H3. The summed E-state index contributed by atoms with van der Waals surface area (Å²) in [6, 6.07) is 15.0. The van der Waals surface area contributed by atoms with Crippen molar-refractivity contribution in [2.24, 2.45) is 0 Å². The predicted octanol–water partition coefficient (Wildman–Crippen LogP) is 6.12. The van der Waals surface area contributed by atoms with E-state index < -0.39 is 0 Å². The molecule has 3 aromatic heterocycles. The largest absolute Gasteiger partial charge is 0.365 e. The van der Waals surface area contributed by atoms with Crippen LogP contribution in [0.15, 0.2) is 54.7 Å². The predicted molar refractivity (Wildman–Crippen MR) is 119 cm³/mol. The lowest BCUT2D eigenvalue weighted by atomic mass is 10.1. The van der Waals surface area contributed by atoms with E-state index in [-0.39, 0.29) is 11.4 Å². The number of nitrogens with one attached hydrogen (secondary N) is 1. The van der Waals surface area contributed by atoms with Crippen LogP contribution in [0.25, 0.3) is 16.2 Å². The minimum Gasteiger partial charge on any atom is -0.365 e. The maximum atomic E-state index is 13.4. The van der Waals surface area contributed by atoms with Crippen molar-refractivity contribution in [3.63, 3.8) is 0 Å². The number of hydrogen-bond donors (Lipinski definition) is 1. The molecule has 0 amide bonds. The molecule has 146 valence electrons. The summed E-state index contributed by atoms with van der Waals surface area (Å²) in [6.45, 7) is 8.15. The van der Waals surface area contributed by atoms with Crippen molar-refractivity contribution in [1.82, 2.24) is 9.38 Å². The van der Waals surface area contributed by atoms with Crippen LogP contribution in [-0.2, 0) is 0 Å². The lowest BCUT2D eigenvalue weighted by Crippen LogP contribution is -2.27. The topological polar surface area (TPSA) is 29.3 Å². The van der Waals surface area contributed by atoms with Crippen molar-refractivity contribution in [1.29, 1.82) is 0 Å². The Morgan fingerprint density at radius 3 is 2.66 bits per heavy atom. The SMILES string of the molecule is Cc1cc(C#Cc2ccc(-c3nc4ccccn4c3NC(C)(C)C)s2)ccc1F. The van der Waals surface area contributed by atoms with Gasteiger partial charge in [0.25, 0.3) is 0 Å². The van der Waals surface area contributed by atoms with Gasteiger partial charge in [0.15, 0.2) is 0 Å². The lowest BCUT2D eigenvalue weighted by molar-refractivity contribution is 0.618. The van der Waals surface area contributed by atoms with Gasteiger partial charge in [0, 0.05) is 17.3 Å². The van der Waals surface area contributed by atoms with Crippen molar-refractivity contribution >= 4 is 22.8 Å². The second kappa shape index (κ2) is 7.38. The van der Waals surface area contributed by atoms with Crippen molar-refractivity contribution in [3.05, 3.63) is 76.5 Å². The molecule has 0 bridgehead atoms. The lowest BCUT2D eigenvalue weighted by Gasteiger charge is -2.22. The van der Waals surface area contributed by atoms with Crippen LogP contribution < -0.4 is 5.32 Å². The van der Waals surface area contributed by atoms with Crippen LogP contribution in [0.5, 0.6) is 0 Å². The summed E-state index contributed by atoms with van der Waals surface area (Å²) in [7, 11) is 0. The number of aryl methyl sites for hydroxylation is 1. The fourth-order valence-corrected chi connectivity index (χ4v) is 3.88. The van der Waals surface area contributed by atoms with Gasteiger partial charge >= 0.3 is 0 Å². The number of fused-ring (bicyclic) bond motifs is 1. The van der Waals surface area contributed by atoms with Gasteiger partial charge in [-0.15, -0.1) is 11.3 Å². The first kappa shape index (κ1) is 19.2. The number of aromatic nitrogens is 2. The second-order valence-corrected chi connectivity index (χ2v) is 9.07. The molecule has 4 aromatic rings. The number of benzene rings is 1. The molecule has 3 nitrogen and oxygen atoms in total. The zero-order valence-electron chi connectivity index (χ0n) is 16.9. The Morgan fingerprint density at radius 2 is 1.90 bits per heavy atom. The first-order valence-corrected chi connectivity index (χ1v) is 10.3. The monoisotopic (exact) mass is 403 g/mol. The summed E-state index contributed by atoms with van der Waals surface area (Å²) < 4.78 is 15.5. The number of anilines is 1. The van der Waals surface area contributed by atoms with E-state index >= 15 is 0 Å². The van der Waals surface area contributed by atoms with Crippen molar-refractivity contribution < 1.29 is 4.39 Å². The Bertz CT molecular complexity index is 1250. The molecule has 1 N–H and O–H groups in total. The fourth-order valence-electron chi connectivity index (χ4n) is 3.03. The molecule has 0 atom stereocenters. The second-order valence-electron chi connectivity index (χ2n) is 7.99. The highest BCUT2D eigenvalue weighted by Gasteiger charge is 2.20. The van der Waals surface area contributed by atoms with Crippen molar-refractivity contribution in [2.75, 3.05) is 5.32 Å². The molecule has 0 spiro atoms. The minimum absolute atomic E-state index is 0.0963. The highest BCUT2D eigenvalue weighted by Crippen LogP contribution is 2.35. The van der Waals surface area contributed by atoms with E-state index in [9.17, 15) is 4.39 Å². The normalized spacial score (nSPS) is 11.3. The maximum Gasteiger partial charge on any atom is 0.140 e. The molecule has 0 aliphatic carbocycles. The molecule has 1 aromatic carbocycles. The number of hydrogen-bond acceptors (Lipinski definition) is 3. The van der Waals surface area contributed by atoms with Gasteiger partial charge in [-0.05, 0) is 75.7 Å². The molecule has 0 fully saturated rings. The number of rotatable bonds is 2. The molecule has 0 aliphatic heterocycles. The molecule has 0 radical (unpaired) electrons. The molecule has 0 saturated heterocycles. The number of halogens is 1. The highest BCUT2D eigenvalue weighted by atomic mass is 32.1. The zero-order chi connectivity index (χ0) is 20.6. The van der Waals surface area contributed by atoms with Gasteiger partial charge < -0.3 is 5.32 Å². The summed E-state index contributed by atoms with van der Waals surface area (Å²) in [5.74, 6) is 7.08.